The Hall–Kier alpha value is -0.890. The van der Waals surface area contributed by atoms with E-state index in [1.165, 1.54) is 6.07 Å². The Balaban J connectivity index is 2.76. The lowest BCUT2D eigenvalue weighted by molar-refractivity contribution is 0.339. The molecule has 0 saturated heterocycles. The SMILES string of the molecule is CCCC(C)NC(C)(C)c1cccc(F)c1. The normalized spacial score (nSPS) is 13.8. The van der Waals surface area contributed by atoms with Gasteiger partial charge in [0.25, 0.3) is 0 Å². The van der Waals surface area contributed by atoms with Gasteiger partial charge >= 0.3 is 0 Å². The fraction of sp³-hybridized carbons (Fsp3) is 0.571. The highest BCUT2D eigenvalue weighted by Gasteiger charge is 2.22. The molecular formula is C14H22FN. The molecule has 90 valence electrons. The van der Waals surface area contributed by atoms with Gasteiger partial charge in [-0.3, -0.25) is 0 Å². The number of hydrogen-bond donors (Lipinski definition) is 1. The van der Waals surface area contributed by atoms with Gasteiger partial charge in [-0.25, -0.2) is 4.39 Å². The number of benzene rings is 1. The zero-order chi connectivity index (χ0) is 12.2. The molecule has 1 aromatic rings. The van der Waals surface area contributed by atoms with Crippen molar-refractivity contribution in [1.29, 1.82) is 0 Å². The molecule has 0 heterocycles. The molecular weight excluding hydrogens is 201 g/mol. The Labute approximate surface area is 98.1 Å². The van der Waals surface area contributed by atoms with Crippen LogP contribution in [0.2, 0.25) is 0 Å². The predicted octanol–water partition coefficient (Wildman–Crippen LogP) is 3.84. The van der Waals surface area contributed by atoms with Crippen LogP contribution in [0.4, 0.5) is 4.39 Å². The zero-order valence-electron chi connectivity index (χ0n) is 10.7. The average molecular weight is 223 g/mol. The third-order valence-electron chi connectivity index (χ3n) is 2.88. The van der Waals surface area contributed by atoms with Gasteiger partial charge in [-0.15, -0.1) is 0 Å². The highest BCUT2D eigenvalue weighted by atomic mass is 19.1. The summed E-state index contributed by atoms with van der Waals surface area (Å²) in [7, 11) is 0. The molecule has 2 heteroatoms. The molecule has 16 heavy (non-hydrogen) atoms. The molecule has 0 bridgehead atoms. The van der Waals surface area contributed by atoms with E-state index in [1.807, 2.05) is 6.07 Å². The second-order valence-corrected chi connectivity index (χ2v) is 4.97. The molecule has 0 aliphatic carbocycles. The summed E-state index contributed by atoms with van der Waals surface area (Å²) in [6.07, 6.45) is 2.30. The van der Waals surface area contributed by atoms with Gasteiger partial charge < -0.3 is 5.32 Å². The summed E-state index contributed by atoms with van der Waals surface area (Å²) in [4.78, 5) is 0. The molecule has 0 aliphatic heterocycles. The van der Waals surface area contributed by atoms with Crippen molar-refractivity contribution in [2.45, 2.75) is 52.1 Å². The highest BCUT2D eigenvalue weighted by Crippen LogP contribution is 2.21. The minimum atomic E-state index is -0.184. The van der Waals surface area contributed by atoms with Gasteiger partial charge in [0.15, 0.2) is 0 Å². The lowest BCUT2D eigenvalue weighted by Crippen LogP contribution is -2.42. The summed E-state index contributed by atoms with van der Waals surface area (Å²) in [5.74, 6) is -0.171. The molecule has 0 spiro atoms. The predicted molar refractivity (Wildman–Crippen MR) is 66.9 cm³/mol. The van der Waals surface area contributed by atoms with E-state index in [0.717, 1.165) is 18.4 Å². The Morgan fingerprint density at radius 3 is 2.62 bits per heavy atom. The standard InChI is InChI=1S/C14H22FN/c1-5-7-11(2)16-14(3,4)12-8-6-9-13(15)10-12/h6,8-11,16H,5,7H2,1-4H3. The lowest BCUT2D eigenvalue weighted by Gasteiger charge is -2.31. The van der Waals surface area contributed by atoms with Crippen LogP contribution in [0.3, 0.4) is 0 Å². The van der Waals surface area contributed by atoms with E-state index >= 15 is 0 Å². The lowest BCUT2D eigenvalue weighted by atomic mass is 9.93. The van der Waals surface area contributed by atoms with Crippen LogP contribution in [0.15, 0.2) is 24.3 Å². The van der Waals surface area contributed by atoms with Crippen LogP contribution >= 0.6 is 0 Å². The summed E-state index contributed by atoms with van der Waals surface area (Å²) in [6, 6.07) is 7.26. The van der Waals surface area contributed by atoms with Crippen LogP contribution in [-0.4, -0.2) is 6.04 Å². The van der Waals surface area contributed by atoms with E-state index in [4.69, 9.17) is 0 Å². The molecule has 1 rings (SSSR count). The van der Waals surface area contributed by atoms with Gasteiger partial charge in [0.1, 0.15) is 5.82 Å². The summed E-state index contributed by atoms with van der Waals surface area (Å²) >= 11 is 0. The van der Waals surface area contributed by atoms with Crippen molar-refractivity contribution in [1.82, 2.24) is 5.32 Å². The van der Waals surface area contributed by atoms with E-state index in [-0.39, 0.29) is 11.4 Å². The summed E-state index contributed by atoms with van der Waals surface area (Å²) in [5, 5.41) is 3.53. The first-order valence-electron chi connectivity index (χ1n) is 5.99. The fourth-order valence-electron chi connectivity index (χ4n) is 2.08. The van der Waals surface area contributed by atoms with Gasteiger partial charge in [0, 0.05) is 11.6 Å². The van der Waals surface area contributed by atoms with Crippen LogP contribution in [-0.2, 0) is 5.54 Å². The van der Waals surface area contributed by atoms with E-state index in [1.54, 1.807) is 12.1 Å². The maximum Gasteiger partial charge on any atom is 0.123 e. The first-order valence-corrected chi connectivity index (χ1v) is 5.99. The van der Waals surface area contributed by atoms with Crippen molar-refractivity contribution in [3.8, 4) is 0 Å². The maximum atomic E-state index is 13.2. The topological polar surface area (TPSA) is 12.0 Å². The molecule has 0 aliphatic rings. The van der Waals surface area contributed by atoms with Crippen LogP contribution in [0.25, 0.3) is 0 Å². The molecule has 0 fully saturated rings. The Morgan fingerprint density at radius 2 is 2.06 bits per heavy atom. The third-order valence-corrected chi connectivity index (χ3v) is 2.88. The molecule has 1 unspecified atom stereocenters. The van der Waals surface area contributed by atoms with Gasteiger partial charge in [0.2, 0.25) is 0 Å². The van der Waals surface area contributed by atoms with Gasteiger partial charge in [0.05, 0.1) is 0 Å². The Bertz CT molecular complexity index is 333. The van der Waals surface area contributed by atoms with Crippen molar-refractivity contribution in [2.24, 2.45) is 0 Å². The molecule has 0 aromatic heterocycles. The van der Waals surface area contributed by atoms with Crippen LogP contribution in [0.5, 0.6) is 0 Å². The monoisotopic (exact) mass is 223 g/mol. The smallest absolute Gasteiger partial charge is 0.123 e. The van der Waals surface area contributed by atoms with Gasteiger partial charge in [-0.1, -0.05) is 25.5 Å². The van der Waals surface area contributed by atoms with Crippen molar-refractivity contribution < 1.29 is 4.39 Å². The first kappa shape index (κ1) is 13.2. The second kappa shape index (κ2) is 5.44. The van der Waals surface area contributed by atoms with E-state index in [2.05, 4.69) is 33.0 Å². The van der Waals surface area contributed by atoms with Crippen molar-refractivity contribution >= 4 is 0 Å². The first-order chi connectivity index (χ1) is 7.45. The molecule has 1 N–H and O–H groups in total. The molecule has 1 nitrogen and oxygen atoms in total. The highest BCUT2D eigenvalue weighted by molar-refractivity contribution is 5.23. The van der Waals surface area contributed by atoms with Gasteiger partial charge in [-0.2, -0.15) is 0 Å². The largest absolute Gasteiger partial charge is 0.305 e. The van der Waals surface area contributed by atoms with Gasteiger partial charge in [-0.05, 0) is 44.9 Å². The summed E-state index contributed by atoms with van der Waals surface area (Å²) < 4.78 is 13.2. The van der Waals surface area contributed by atoms with Crippen molar-refractivity contribution in [3.63, 3.8) is 0 Å². The number of rotatable bonds is 5. The van der Waals surface area contributed by atoms with Crippen LogP contribution in [0, 0.1) is 5.82 Å². The maximum absolute atomic E-state index is 13.2. The molecule has 1 atom stereocenters. The van der Waals surface area contributed by atoms with E-state index in [0.29, 0.717) is 6.04 Å². The minimum Gasteiger partial charge on any atom is -0.305 e. The Kier molecular flexibility index (Phi) is 4.48. The average Bonchev–Trinajstić information content (AvgIpc) is 2.17. The third kappa shape index (κ3) is 3.60. The molecule has 1 aromatic carbocycles. The second-order valence-electron chi connectivity index (χ2n) is 4.97. The Morgan fingerprint density at radius 1 is 1.38 bits per heavy atom. The summed E-state index contributed by atoms with van der Waals surface area (Å²) in [5.41, 5.74) is 0.812. The van der Waals surface area contributed by atoms with Crippen molar-refractivity contribution in [2.75, 3.05) is 0 Å². The van der Waals surface area contributed by atoms with E-state index < -0.39 is 0 Å². The number of hydrogen-bond acceptors (Lipinski definition) is 1. The molecule has 0 amide bonds. The minimum absolute atomic E-state index is 0.171. The molecule has 0 radical (unpaired) electrons. The summed E-state index contributed by atoms with van der Waals surface area (Å²) in [6.45, 7) is 8.53. The quantitative estimate of drug-likeness (QED) is 0.799. The van der Waals surface area contributed by atoms with Crippen LogP contribution < -0.4 is 5.32 Å². The molecule has 0 saturated carbocycles. The zero-order valence-corrected chi connectivity index (χ0v) is 10.7. The number of halogens is 1. The van der Waals surface area contributed by atoms with E-state index in [9.17, 15) is 4.39 Å². The van der Waals surface area contributed by atoms with Crippen molar-refractivity contribution in [3.05, 3.63) is 35.6 Å². The fourth-order valence-corrected chi connectivity index (χ4v) is 2.08. The van der Waals surface area contributed by atoms with Crippen LogP contribution in [0.1, 0.15) is 46.1 Å². The number of nitrogens with one attached hydrogen (secondary N) is 1.